The van der Waals surface area contributed by atoms with E-state index in [2.05, 4.69) is 10.5 Å². The molecule has 0 radical (unpaired) electrons. The molecular formula is C22H29F3N2O7. The Hall–Kier alpha value is -3.28. The predicted molar refractivity (Wildman–Crippen MR) is 117 cm³/mol. The molecule has 2 rings (SSSR count). The van der Waals surface area contributed by atoms with Gasteiger partial charge in [-0.15, -0.1) is 0 Å². The summed E-state index contributed by atoms with van der Waals surface area (Å²) in [4.78, 5) is 33.9. The number of hydrogen-bond donors (Lipinski definition) is 1. The van der Waals surface area contributed by atoms with Gasteiger partial charge in [0.1, 0.15) is 11.4 Å². The van der Waals surface area contributed by atoms with Crippen molar-refractivity contribution in [3.05, 3.63) is 30.0 Å². The van der Waals surface area contributed by atoms with Crippen LogP contribution in [0.25, 0.3) is 10.9 Å². The molecule has 1 aromatic carbocycles. The Morgan fingerprint density at radius 1 is 1.09 bits per heavy atom. The summed E-state index contributed by atoms with van der Waals surface area (Å²) in [5.74, 6) is -1.19. The quantitative estimate of drug-likeness (QED) is 0.615. The highest BCUT2D eigenvalue weighted by atomic mass is 19.4. The number of ether oxygens (including phenoxy) is 4. The molecule has 0 aliphatic rings. The molecule has 0 fully saturated rings. The first kappa shape index (κ1) is 28.8. The number of primary amides is 1. The molecule has 0 aliphatic heterocycles. The number of aromatic nitrogens is 1. The fourth-order valence-corrected chi connectivity index (χ4v) is 2.90. The van der Waals surface area contributed by atoms with Crippen molar-refractivity contribution in [3.63, 3.8) is 0 Å². The summed E-state index contributed by atoms with van der Waals surface area (Å²) >= 11 is 0. The molecule has 1 amide bonds. The lowest BCUT2D eigenvalue weighted by molar-refractivity contribution is -0.210. The van der Waals surface area contributed by atoms with Crippen LogP contribution in [-0.4, -0.2) is 61.7 Å². The minimum absolute atomic E-state index is 0.224. The second kappa shape index (κ2) is 11.7. The van der Waals surface area contributed by atoms with Crippen molar-refractivity contribution in [2.45, 2.75) is 51.5 Å². The van der Waals surface area contributed by atoms with Gasteiger partial charge < -0.3 is 24.7 Å². The van der Waals surface area contributed by atoms with Gasteiger partial charge in [0.05, 0.1) is 19.7 Å². The summed E-state index contributed by atoms with van der Waals surface area (Å²) in [7, 11) is 3.69. The lowest BCUT2D eigenvalue weighted by Gasteiger charge is -2.19. The predicted octanol–water partition coefficient (Wildman–Crippen LogP) is 3.59. The van der Waals surface area contributed by atoms with Gasteiger partial charge in [0.15, 0.2) is 0 Å². The van der Waals surface area contributed by atoms with E-state index in [0.717, 1.165) is 18.1 Å². The van der Waals surface area contributed by atoms with Gasteiger partial charge in [-0.2, -0.15) is 13.2 Å². The Morgan fingerprint density at radius 2 is 1.71 bits per heavy atom. The van der Waals surface area contributed by atoms with Crippen molar-refractivity contribution < 1.29 is 46.5 Å². The van der Waals surface area contributed by atoms with Crippen LogP contribution < -0.4 is 10.5 Å². The van der Waals surface area contributed by atoms with Crippen LogP contribution in [0.2, 0.25) is 0 Å². The summed E-state index contributed by atoms with van der Waals surface area (Å²) in [6.07, 6.45) is -5.30. The third-order valence-electron chi connectivity index (χ3n) is 4.30. The van der Waals surface area contributed by atoms with E-state index < -0.39 is 29.9 Å². The normalized spacial score (nSPS) is 12.4. The van der Waals surface area contributed by atoms with E-state index in [1.807, 2.05) is 39.0 Å². The Balaban J connectivity index is 0.000000489. The van der Waals surface area contributed by atoms with E-state index in [1.165, 1.54) is 11.7 Å². The van der Waals surface area contributed by atoms with Gasteiger partial charge in [-0.3, -0.25) is 14.2 Å². The minimum atomic E-state index is -4.71. The zero-order valence-corrected chi connectivity index (χ0v) is 19.8. The number of nitrogens with zero attached hydrogens (tertiary/aromatic N) is 1. The van der Waals surface area contributed by atoms with E-state index >= 15 is 0 Å². The fourth-order valence-electron chi connectivity index (χ4n) is 2.90. The molecule has 1 unspecified atom stereocenters. The number of fused-ring (bicyclic) bond motifs is 1. The summed E-state index contributed by atoms with van der Waals surface area (Å²) in [5, 5.41) is 0.801. The van der Waals surface area contributed by atoms with Crippen LogP contribution in [0.15, 0.2) is 24.4 Å². The van der Waals surface area contributed by atoms with Crippen LogP contribution in [0.4, 0.5) is 18.0 Å². The van der Waals surface area contributed by atoms with E-state index in [9.17, 15) is 27.6 Å². The first-order valence-electron chi connectivity index (χ1n) is 10.0. The van der Waals surface area contributed by atoms with Crippen LogP contribution in [0.5, 0.6) is 5.75 Å². The molecule has 0 saturated heterocycles. The average Bonchev–Trinajstić information content (AvgIpc) is 3.09. The number of alkyl halides is 3. The Bertz CT molecular complexity index is 1010. The lowest BCUT2D eigenvalue weighted by atomic mass is 10.1. The molecule has 9 nitrogen and oxygen atoms in total. The van der Waals surface area contributed by atoms with Crippen molar-refractivity contribution >= 4 is 28.9 Å². The van der Waals surface area contributed by atoms with Crippen LogP contribution in [-0.2, 0) is 30.2 Å². The molecule has 2 aromatic rings. The number of aryl methyl sites for hydroxylation is 1. The third kappa shape index (κ3) is 7.94. The SMILES string of the molecule is COC(=O)CCc1cn(C(=O)OC(C)(C)C)c2cccc(OC)c12.COC(C(N)=O)C(F)(F)F. The van der Waals surface area contributed by atoms with Crippen molar-refractivity contribution in [2.24, 2.45) is 5.73 Å². The summed E-state index contributed by atoms with van der Waals surface area (Å²) in [6.45, 7) is 5.44. The number of nitrogens with two attached hydrogens (primary N) is 1. The van der Waals surface area contributed by atoms with E-state index in [-0.39, 0.29) is 12.4 Å². The van der Waals surface area contributed by atoms with Crippen LogP contribution in [0.3, 0.4) is 0 Å². The van der Waals surface area contributed by atoms with Crippen molar-refractivity contribution in [2.75, 3.05) is 21.3 Å². The molecule has 12 heteroatoms. The van der Waals surface area contributed by atoms with Crippen LogP contribution >= 0.6 is 0 Å². The highest BCUT2D eigenvalue weighted by Gasteiger charge is 2.44. The molecule has 0 aliphatic carbocycles. The number of hydrogen-bond acceptors (Lipinski definition) is 7. The number of rotatable bonds is 6. The number of benzene rings is 1. The maximum atomic E-state index is 12.5. The molecule has 1 atom stereocenters. The standard InChI is InChI=1S/C18H23NO5.C4H6F3NO2/c1-18(2,3)24-17(21)19-11-12(9-10-15(20)23-5)16-13(19)7-6-8-14(16)22-4;1-10-2(3(8)9)4(5,6)7/h6-8,11H,9-10H2,1-5H3;2H,1H3,(H2,8,9). The van der Waals surface area contributed by atoms with Gasteiger partial charge in [-0.05, 0) is 44.9 Å². The van der Waals surface area contributed by atoms with Crippen molar-refractivity contribution in [3.8, 4) is 5.75 Å². The molecular weight excluding hydrogens is 461 g/mol. The van der Waals surface area contributed by atoms with E-state index in [4.69, 9.17) is 14.2 Å². The Labute approximate surface area is 194 Å². The van der Waals surface area contributed by atoms with Crippen molar-refractivity contribution in [1.29, 1.82) is 0 Å². The zero-order chi connectivity index (χ0) is 26.3. The number of carbonyl (C=O) groups is 3. The van der Waals surface area contributed by atoms with Crippen molar-refractivity contribution in [1.82, 2.24) is 4.57 Å². The highest BCUT2D eigenvalue weighted by Crippen LogP contribution is 2.32. The third-order valence-corrected chi connectivity index (χ3v) is 4.30. The first-order chi connectivity index (χ1) is 15.7. The molecule has 1 heterocycles. The monoisotopic (exact) mass is 490 g/mol. The summed E-state index contributed by atoms with van der Waals surface area (Å²) < 4.78 is 55.4. The summed E-state index contributed by atoms with van der Waals surface area (Å²) in [6, 6.07) is 5.46. The number of methoxy groups -OCH3 is 3. The lowest BCUT2D eigenvalue weighted by Crippen LogP contribution is -2.42. The van der Waals surface area contributed by atoms with Crippen LogP contribution in [0, 0.1) is 0 Å². The van der Waals surface area contributed by atoms with Gasteiger partial charge in [0, 0.05) is 25.1 Å². The molecule has 34 heavy (non-hydrogen) atoms. The maximum absolute atomic E-state index is 12.5. The zero-order valence-electron chi connectivity index (χ0n) is 19.8. The topological polar surface area (TPSA) is 119 Å². The molecule has 1 aromatic heterocycles. The first-order valence-corrected chi connectivity index (χ1v) is 10.0. The number of amides is 1. The van der Waals surface area contributed by atoms with Gasteiger partial charge in [0.25, 0.3) is 5.91 Å². The fraction of sp³-hybridized carbons (Fsp3) is 0.500. The summed E-state index contributed by atoms with van der Waals surface area (Å²) in [5.41, 5.74) is 5.27. The Kier molecular flexibility index (Phi) is 9.92. The number of halogens is 3. The molecule has 0 bridgehead atoms. The smallest absolute Gasteiger partial charge is 0.423 e. The Morgan fingerprint density at radius 3 is 2.12 bits per heavy atom. The number of esters is 1. The van der Waals surface area contributed by atoms with Crippen LogP contribution in [0.1, 0.15) is 32.8 Å². The van der Waals surface area contributed by atoms with Gasteiger partial charge in [-0.25, -0.2) is 4.79 Å². The average molecular weight is 490 g/mol. The van der Waals surface area contributed by atoms with E-state index in [1.54, 1.807) is 13.3 Å². The molecule has 2 N–H and O–H groups in total. The second-order valence-electron chi connectivity index (χ2n) is 7.99. The minimum Gasteiger partial charge on any atom is -0.496 e. The highest BCUT2D eigenvalue weighted by molar-refractivity contribution is 5.96. The van der Waals surface area contributed by atoms with E-state index in [0.29, 0.717) is 17.7 Å². The number of carbonyl (C=O) groups excluding carboxylic acids is 3. The largest absolute Gasteiger partial charge is 0.496 e. The van der Waals surface area contributed by atoms with Gasteiger partial charge in [0.2, 0.25) is 6.10 Å². The molecule has 190 valence electrons. The van der Waals surface area contributed by atoms with Gasteiger partial charge >= 0.3 is 18.2 Å². The maximum Gasteiger partial charge on any atom is 0.423 e. The second-order valence-corrected chi connectivity index (χ2v) is 7.99. The molecule has 0 saturated carbocycles. The molecule has 0 spiro atoms. The van der Waals surface area contributed by atoms with Gasteiger partial charge in [-0.1, -0.05) is 6.07 Å².